The van der Waals surface area contributed by atoms with E-state index in [2.05, 4.69) is 5.32 Å². The van der Waals surface area contributed by atoms with Crippen molar-refractivity contribution in [3.63, 3.8) is 0 Å². The average Bonchev–Trinajstić information content (AvgIpc) is 2.57. The summed E-state index contributed by atoms with van der Waals surface area (Å²) in [6, 6.07) is 11.0. The number of benzene rings is 2. The van der Waals surface area contributed by atoms with Crippen LogP contribution in [-0.4, -0.2) is 23.8 Å². The molecule has 1 atom stereocenters. The predicted molar refractivity (Wildman–Crippen MR) is 96.4 cm³/mol. The predicted octanol–water partition coefficient (Wildman–Crippen LogP) is 4.38. The fourth-order valence-corrected chi connectivity index (χ4v) is 2.38. The number of anilines is 1. The second kappa shape index (κ2) is 8.14. The van der Waals surface area contributed by atoms with Gasteiger partial charge in [-0.25, -0.2) is 4.79 Å². The number of hydrogen-bond acceptors (Lipinski definition) is 4. The Morgan fingerprint density at radius 3 is 2.44 bits per heavy atom. The van der Waals surface area contributed by atoms with Crippen molar-refractivity contribution in [2.24, 2.45) is 0 Å². The highest BCUT2D eigenvalue weighted by molar-refractivity contribution is 6.43. The van der Waals surface area contributed by atoms with Crippen molar-refractivity contribution >= 4 is 46.5 Å². The number of halogens is 2. The van der Waals surface area contributed by atoms with Gasteiger partial charge in [-0.1, -0.05) is 41.4 Å². The van der Waals surface area contributed by atoms with E-state index in [0.717, 1.165) is 0 Å². The van der Waals surface area contributed by atoms with Crippen LogP contribution in [0.2, 0.25) is 10.0 Å². The van der Waals surface area contributed by atoms with Gasteiger partial charge in [0.25, 0.3) is 5.91 Å². The number of nitrogens with one attached hydrogen (secondary N) is 1. The molecule has 0 aliphatic rings. The summed E-state index contributed by atoms with van der Waals surface area (Å²) < 4.78 is 5.12. The SMILES string of the molecule is CC(=O)c1cccc(NC(=O)[C@@H](C)OC(=O)c2cccc(Cl)c2Cl)c1. The molecule has 0 saturated heterocycles. The molecule has 1 amide bonds. The molecule has 25 heavy (non-hydrogen) atoms. The largest absolute Gasteiger partial charge is 0.449 e. The summed E-state index contributed by atoms with van der Waals surface area (Å²) in [5, 5.41) is 2.87. The van der Waals surface area contributed by atoms with Crippen LogP contribution < -0.4 is 5.32 Å². The molecule has 0 aliphatic carbocycles. The number of esters is 1. The van der Waals surface area contributed by atoms with Gasteiger partial charge in [-0.15, -0.1) is 0 Å². The van der Waals surface area contributed by atoms with E-state index in [-0.39, 0.29) is 21.4 Å². The lowest BCUT2D eigenvalue weighted by Gasteiger charge is -2.14. The van der Waals surface area contributed by atoms with Gasteiger partial charge < -0.3 is 10.1 Å². The van der Waals surface area contributed by atoms with Crippen molar-refractivity contribution < 1.29 is 19.1 Å². The zero-order chi connectivity index (χ0) is 18.6. The fraction of sp³-hybridized carbons (Fsp3) is 0.167. The van der Waals surface area contributed by atoms with Crippen molar-refractivity contribution in [2.75, 3.05) is 5.32 Å². The third kappa shape index (κ3) is 4.81. The molecule has 0 saturated carbocycles. The quantitative estimate of drug-likeness (QED) is 0.617. The standard InChI is InChI=1S/C18H15Cl2NO4/c1-10(22)12-5-3-6-13(9-12)21-17(23)11(2)25-18(24)14-7-4-8-15(19)16(14)20/h3-9,11H,1-2H3,(H,21,23)/t11-/m1/s1. The van der Waals surface area contributed by atoms with E-state index in [1.54, 1.807) is 36.4 Å². The zero-order valence-electron chi connectivity index (χ0n) is 13.5. The van der Waals surface area contributed by atoms with Gasteiger partial charge in [0.15, 0.2) is 11.9 Å². The maximum Gasteiger partial charge on any atom is 0.340 e. The van der Waals surface area contributed by atoms with Crippen LogP contribution in [-0.2, 0) is 9.53 Å². The molecule has 7 heteroatoms. The summed E-state index contributed by atoms with van der Waals surface area (Å²) in [5.41, 5.74) is 0.974. The molecule has 0 spiro atoms. The topological polar surface area (TPSA) is 72.5 Å². The molecule has 0 radical (unpaired) electrons. The van der Waals surface area contributed by atoms with E-state index in [9.17, 15) is 14.4 Å². The van der Waals surface area contributed by atoms with Gasteiger partial charge in [0.1, 0.15) is 0 Å². The number of carbonyl (C=O) groups excluding carboxylic acids is 3. The molecule has 0 fully saturated rings. The van der Waals surface area contributed by atoms with Gasteiger partial charge >= 0.3 is 5.97 Å². The van der Waals surface area contributed by atoms with Crippen molar-refractivity contribution in [3.8, 4) is 0 Å². The van der Waals surface area contributed by atoms with Gasteiger partial charge in [0.2, 0.25) is 0 Å². The van der Waals surface area contributed by atoms with Gasteiger partial charge in [-0.05, 0) is 38.1 Å². The number of Topliss-reactive ketones (excluding diaryl/α,β-unsaturated/α-hetero) is 1. The summed E-state index contributed by atoms with van der Waals surface area (Å²) in [4.78, 5) is 35.7. The number of hydrogen-bond donors (Lipinski definition) is 1. The second-order valence-corrected chi connectivity index (χ2v) is 6.06. The Kier molecular flexibility index (Phi) is 6.17. The normalized spacial score (nSPS) is 11.5. The van der Waals surface area contributed by atoms with Crippen molar-refractivity contribution in [3.05, 3.63) is 63.6 Å². The van der Waals surface area contributed by atoms with Crippen LogP contribution in [0.4, 0.5) is 5.69 Å². The molecule has 1 N–H and O–H groups in total. The van der Waals surface area contributed by atoms with Crippen LogP contribution >= 0.6 is 23.2 Å². The second-order valence-electron chi connectivity index (χ2n) is 5.28. The molecule has 2 aromatic rings. The lowest BCUT2D eigenvalue weighted by atomic mass is 10.1. The van der Waals surface area contributed by atoms with Crippen molar-refractivity contribution in [1.82, 2.24) is 0 Å². The third-order valence-corrected chi connectivity index (χ3v) is 4.18. The zero-order valence-corrected chi connectivity index (χ0v) is 15.0. The summed E-state index contributed by atoms with van der Waals surface area (Å²) in [6.45, 7) is 2.86. The highest BCUT2D eigenvalue weighted by Gasteiger charge is 2.21. The van der Waals surface area contributed by atoms with E-state index in [4.69, 9.17) is 27.9 Å². The minimum Gasteiger partial charge on any atom is -0.449 e. The van der Waals surface area contributed by atoms with Gasteiger partial charge in [-0.2, -0.15) is 0 Å². The number of amides is 1. The van der Waals surface area contributed by atoms with E-state index in [1.807, 2.05) is 0 Å². The summed E-state index contributed by atoms with van der Waals surface area (Å²) in [5.74, 6) is -1.41. The molecule has 2 aromatic carbocycles. The van der Waals surface area contributed by atoms with E-state index >= 15 is 0 Å². The highest BCUT2D eigenvalue weighted by atomic mass is 35.5. The molecule has 0 bridgehead atoms. The molecule has 0 aliphatic heterocycles. The lowest BCUT2D eigenvalue weighted by Crippen LogP contribution is -2.30. The Morgan fingerprint density at radius 1 is 1.08 bits per heavy atom. The highest BCUT2D eigenvalue weighted by Crippen LogP contribution is 2.26. The van der Waals surface area contributed by atoms with Gasteiger partial charge in [0, 0.05) is 11.3 Å². The first-order valence-electron chi connectivity index (χ1n) is 7.36. The Balaban J connectivity index is 2.05. The number of rotatable bonds is 5. The first-order valence-corrected chi connectivity index (χ1v) is 8.12. The van der Waals surface area contributed by atoms with Crippen LogP contribution in [0, 0.1) is 0 Å². The lowest BCUT2D eigenvalue weighted by molar-refractivity contribution is -0.123. The Labute approximate surface area is 154 Å². The van der Waals surface area contributed by atoms with Crippen molar-refractivity contribution in [1.29, 1.82) is 0 Å². The fourth-order valence-electron chi connectivity index (χ4n) is 2.00. The number of ketones is 1. The molecule has 2 rings (SSSR count). The Hall–Kier alpha value is -2.37. The van der Waals surface area contributed by atoms with Crippen LogP contribution in [0.3, 0.4) is 0 Å². The maximum absolute atomic E-state index is 12.2. The minimum absolute atomic E-state index is 0.0657. The number of ether oxygens (including phenoxy) is 1. The molecule has 5 nitrogen and oxygen atoms in total. The molecule has 0 heterocycles. The van der Waals surface area contributed by atoms with Crippen LogP contribution in [0.1, 0.15) is 34.6 Å². The average molecular weight is 380 g/mol. The summed E-state index contributed by atoms with van der Waals surface area (Å²) in [7, 11) is 0. The maximum atomic E-state index is 12.2. The third-order valence-electron chi connectivity index (χ3n) is 3.36. The first-order chi connectivity index (χ1) is 11.8. The minimum atomic E-state index is -1.07. The van der Waals surface area contributed by atoms with Crippen molar-refractivity contribution in [2.45, 2.75) is 20.0 Å². The Bertz CT molecular complexity index is 836. The van der Waals surface area contributed by atoms with Crippen LogP contribution in [0.15, 0.2) is 42.5 Å². The van der Waals surface area contributed by atoms with Gasteiger partial charge in [0.05, 0.1) is 15.6 Å². The number of carbonyl (C=O) groups is 3. The summed E-state index contributed by atoms with van der Waals surface area (Å²) >= 11 is 11.8. The van der Waals surface area contributed by atoms with Crippen LogP contribution in [0.25, 0.3) is 0 Å². The van der Waals surface area contributed by atoms with E-state index in [1.165, 1.54) is 19.9 Å². The first kappa shape index (κ1) is 19.0. The molecule has 130 valence electrons. The monoisotopic (exact) mass is 379 g/mol. The van der Waals surface area contributed by atoms with Crippen LogP contribution in [0.5, 0.6) is 0 Å². The molecule has 0 aromatic heterocycles. The molecule has 0 unspecified atom stereocenters. The smallest absolute Gasteiger partial charge is 0.340 e. The molecular formula is C18H15Cl2NO4. The van der Waals surface area contributed by atoms with E-state index < -0.39 is 18.0 Å². The Morgan fingerprint density at radius 2 is 1.76 bits per heavy atom. The summed E-state index contributed by atoms with van der Waals surface area (Å²) in [6.07, 6.45) is -1.07. The molecular weight excluding hydrogens is 365 g/mol. The van der Waals surface area contributed by atoms with E-state index in [0.29, 0.717) is 11.3 Å². The van der Waals surface area contributed by atoms with Gasteiger partial charge in [-0.3, -0.25) is 9.59 Å².